The summed E-state index contributed by atoms with van der Waals surface area (Å²) in [4.78, 5) is 0. The van der Waals surface area contributed by atoms with Crippen molar-refractivity contribution in [2.75, 3.05) is 0 Å². The fraction of sp³-hybridized carbons (Fsp3) is 0.214. The first-order valence-corrected chi connectivity index (χ1v) is 11.1. The molecule has 0 saturated carbocycles. The summed E-state index contributed by atoms with van der Waals surface area (Å²) in [5.41, 5.74) is 4.20. The second-order valence-corrected chi connectivity index (χ2v) is 9.65. The largest absolute Gasteiger partial charge is 0.495 e. The molecule has 1 aliphatic heterocycles. The van der Waals surface area contributed by atoms with Crippen molar-refractivity contribution in [1.29, 1.82) is 0 Å². The minimum absolute atomic E-state index is 0.411. The Morgan fingerprint density at radius 1 is 0.656 bits per heavy atom. The first-order chi connectivity index (χ1) is 15.3. The van der Waals surface area contributed by atoms with E-state index in [0.717, 1.165) is 38.5 Å². The van der Waals surface area contributed by atoms with Crippen LogP contribution in [0, 0.1) is 0 Å². The molecule has 5 aromatic rings. The molecule has 32 heavy (non-hydrogen) atoms. The molecule has 158 valence electrons. The summed E-state index contributed by atoms with van der Waals surface area (Å²) >= 11 is 0. The molecule has 3 nitrogen and oxygen atoms in total. The summed E-state index contributed by atoms with van der Waals surface area (Å²) in [6, 6.07) is 27.4. The summed E-state index contributed by atoms with van der Waals surface area (Å²) in [5.74, 6) is 0. The predicted molar refractivity (Wildman–Crippen MR) is 132 cm³/mol. The minimum atomic E-state index is -0.459. The third-order valence-electron chi connectivity index (χ3n) is 7.12. The highest BCUT2D eigenvalue weighted by molar-refractivity contribution is 6.64. The van der Waals surface area contributed by atoms with Crippen molar-refractivity contribution in [2.24, 2.45) is 0 Å². The highest BCUT2D eigenvalue weighted by Crippen LogP contribution is 2.40. The normalized spacial score (nSPS) is 17.6. The van der Waals surface area contributed by atoms with Gasteiger partial charge in [-0.15, -0.1) is 0 Å². The molecule has 1 aromatic heterocycles. The van der Waals surface area contributed by atoms with Crippen molar-refractivity contribution in [1.82, 2.24) is 0 Å². The maximum atomic E-state index is 6.48. The van der Waals surface area contributed by atoms with Gasteiger partial charge >= 0.3 is 7.12 Å². The average molecular weight is 420 g/mol. The van der Waals surface area contributed by atoms with Crippen LogP contribution in [0.5, 0.6) is 0 Å². The molecule has 0 unspecified atom stereocenters. The molecule has 2 heterocycles. The molecule has 1 saturated heterocycles. The van der Waals surface area contributed by atoms with Gasteiger partial charge in [0.05, 0.1) is 11.2 Å². The number of benzene rings is 4. The van der Waals surface area contributed by atoms with Gasteiger partial charge in [-0.25, -0.2) is 0 Å². The van der Waals surface area contributed by atoms with E-state index in [0.29, 0.717) is 0 Å². The van der Waals surface area contributed by atoms with E-state index < -0.39 is 18.3 Å². The first-order valence-electron chi connectivity index (χ1n) is 11.1. The van der Waals surface area contributed by atoms with Crippen LogP contribution < -0.4 is 5.46 Å². The van der Waals surface area contributed by atoms with Gasteiger partial charge in [0.25, 0.3) is 0 Å². The standard InChI is InChI=1S/C28H25BO3/c1-27(2)28(3,4)32-29(31-27)22-15-16-24-26(21-11-7-8-12-23(21)30-24)25(22)20-14-13-18-9-5-6-10-19(18)17-20/h5-17H,1-4H3. The van der Waals surface area contributed by atoms with Crippen molar-refractivity contribution < 1.29 is 13.7 Å². The Hall–Kier alpha value is -3.08. The Morgan fingerprint density at radius 3 is 2.12 bits per heavy atom. The molecule has 0 radical (unpaired) electrons. The predicted octanol–water partition coefficient (Wildman–Crippen LogP) is 6.71. The van der Waals surface area contributed by atoms with Gasteiger partial charge in [-0.3, -0.25) is 0 Å². The zero-order valence-electron chi connectivity index (χ0n) is 18.8. The van der Waals surface area contributed by atoms with Gasteiger partial charge in [-0.1, -0.05) is 60.7 Å². The zero-order chi connectivity index (χ0) is 22.1. The van der Waals surface area contributed by atoms with Gasteiger partial charge in [0.2, 0.25) is 0 Å². The van der Waals surface area contributed by atoms with Crippen molar-refractivity contribution >= 4 is 45.3 Å². The van der Waals surface area contributed by atoms with E-state index in [1.807, 2.05) is 18.2 Å². The SMILES string of the molecule is CC1(C)OB(c2ccc3oc4ccccc4c3c2-c2ccc3ccccc3c2)OC1(C)C. The molecule has 0 aliphatic carbocycles. The number of fused-ring (bicyclic) bond motifs is 4. The Bertz CT molecular complexity index is 1480. The van der Waals surface area contributed by atoms with Gasteiger partial charge in [0.1, 0.15) is 11.2 Å². The van der Waals surface area contributed by atoms with E-state index in [-0.39, 0.29) is 0 Å². The fourth-order valence-corrected chi connectivity index (χ4v) is 4.66. The molecule has 6 rings (SSSR count). The van der Waals surface area contributed by atoms with Gasteiger partial charge < -0.3 is 13.7 Å². The summed E-state index contributed by atoms with van der Waals surface area (Å²) < 4.78 is 19.2. The summed E-state index contributed by atoms with van der Waals surface area (Å²) in [6.07, 6.45) is 0. The van der Waals surface area contributed by atoms with Crippen LogP contribution in [0.2, 0.25) is 0 Å². The van der Waals surface area contributed by atoms with Gasteiger partial charge in [-0.05, 0) is 73.3 Å². The van der Waals surface area contributed by atoms with Crippen LogP contribution in [0.15, 0.2) is 83.3 Å². The lowest BCUT2D eigenvalue weighted by molar-refractivity contribution is 0.00578. The summed E-state index contributed by atoms with van der Waals surface area (Å²) in [6.45, 7) is 8.37. The highest BCUT2D eigenvalue weighted by atomic mass is 16.7. The maximum Gasteiger partial charge on any atom is 0.495 e. The quantitative estimate of drug-likeness (QED) is 0.298. The molecule has 0 atom stereocenters. The van der Waals surface area contributed by atoms with Crippen molar-refractivity contribution in [2.45, 2.75) is 38.9 Å². The third-order valence-corrected chi connectivity index (χ3v) is 7.12. The monoisotopic (exact) mass is 420 g/mol. The van der Waals surface area contributed by atoms with Crippen molar-refractivity contribution in [3.8, 4) is 11.1 Å². The van der Waals surface area contributed by atoms with Crippen LogP contribution in [0.4, 0.5) is 0 Å². The van der Waals surface area contributed by atoms with E-state index in [2.05, 4.69) is 88.4 Å². The lowest BCUT2D eigenvalue weighted by atomic mass is 9.73. The Balaban J connectivity index is 1.67. The van der Waals surface area contributed by atoms with E-state index >= 15 is 0 Å². The van der Waals surface area contributed by atoms with Gasteiger partial charge in [0, 0.05) is 10.8 Å². The Labute approximate surface area is 188 Å². The number of hydrogen-bond donors (Lipinski definition) is 0. The van der Waals surface area contributed by atoms with Gasteiger partial charge in [-0.2, -0.15) is 0 Å². The van der Waals surface area contributed by atoms with E-state index in [1.54, 1.807) is 0 Å². The summed E-state index contributed by atoms with van der Waals surface area (Å²) in [7, 11) is -0.459. The number of rotatable bonds is 2. The van der Waals surface area contributed by atoms with Crippen molar-refractivity contribution in [3.05, 3.63) is 78.9 Å². The fourth-order valence-electron chi connectivity index (χ4n) is 4.66. The van der Waals surface area contributed by atoms with Crippen molar-refractivity contribution in [3.63, 3.8) is 0 Å². The molecule has 4 heteroatoms. The van der Waals surface area contributed by atoms with Gasteiger partial charge in [0.15, 0.2) is 0 Å². The molecule has 0 amide bonds. The van der Waals surface area contributed by atoms with Crippen LogP contribution in [-0.4, -0.2) is 18.3 Å². The average Bonchev–Trinajstić information content (AvgIpc) is 3.26. The first kappa shape index (κ1) is 19.6. The molecule has 1 aliphatic rings. The van der Waals surface area contributed by atoms with Crippen LogP contribution in [0.3, 0.4) is 0 Å². The number of para-hydroxylation sites is 1. The number of hydrogen-bond acceptors (Lipinski definition) is 3. The number of furan rings is 1. The lowest BCUT2D eigenvalue weighted by Crippen LogP contribution is -2.41. The molecular formula is C28H25BO3. The Morgan fingerprint density at radius 2 is 1.34 bits per heavy atom. The second kappa shape index (κ2) is 6.71. The third kappa shape index (κ3) is 2.83. The minimum Gasteiger partial charge on any atom is -0.456 e. The van der Waals surface area contributed by atoms with Crippen LogP contribution in [0.25, 0.3) is 43.8 Å². The maximum absolute atomic E-state index is 6.48. The topological polar surface area (TPSA) is 31.6 Å². The molecule has 0 N–H and O–H groups in total. The van der Waals surface area contributed by atoms with Crippen LogP contribution in [-0.2, 0) is 9.31 Å². The van der Waals surface area contributed by atoms with Crippen LogP contribution in [0.1, 0.15) is 27.7 Å². The highest BCUT2D eigenvalue weighted by Gasteiger charge is 2.52. The molecular weight excluding hydrogens is 395 g/mol. The Kier molecular flexibility index (Phi) is 4.11. The molecule has 1 fully saturated rings. The molecule has 0 spiro atoms. The second-order valence-electron chi connectivity index (χ2n) is 9.65. The van der Waals surface area contributed by atoms with E-state index in [9.17, 15) is 0 Å². The molecule has 0 bridgehead atoms. The molecule has 4 aromatic carbocycles. The lowest BCUT2D eigenvalue weighted by Gasteiger charge is -2.32. The van der Waals surface area contributed by atoms with E-state index in [1.165, 1.54) is 10.8 Å². The van der Waals surface area contributed by atoms with E-state index in [4.69, 9.17) is 13.7 Å². The van der Waals surface area contributed by atoms with Crippen LogP contribution >= 0.6 is 0 Å². The smallest absolute Gasteiger partial charge is 0.456 e. The zero-order valence-corrected chi connectivity index (χ0v) is 18.8. The summed E-state index contributed by atoms with van der Waals surface area (Å²) in [5, 5.41) is 4.62.